The summed E-state index contributed by atoms with van der Waals surface area (Å²) in [6, 6.07) is 12.2. The Morgan fingerprint density at radius 2 is 1.75 bits per heavy atom. The fourth-order valence-electron chi connectivity index (χ4n) is 1.95. The van der Waals surface area contributed by atoms with Crippen LogP contribution in [0.5, 0.6) is 0 Å². The van der Waals surface area contributed by atoms with E-state index >= 15 is 0 Å². The van der Waals surface area contributed by atoms with Crippen molar-refractivity contribution in [2.24, 2.45) is 0 Å². The quantitative estimate of drug-likeness (QED) is 0.797. The second-order valence-corrected chi connectivity index (χ2v) is 5.82. The average Bonchev–Trinajstić information content (AvgIpc) is 2.60. The van der Waals surface area contributed by atoms with Crippen LogP contribution < -0.4 is 10.6 Å². The highest BCUT2D eigenvalue weighted by molar-refractivity contribution is 6.42. The molecule has 124 valence electrons. The van der Waals surface area contributed by atoms with E-state index in [0.29, 0.717) is 22.2 Å². The molecular formula is C18H16Cl2N2O2. The molecule has 0 aliphatic heterocycles. The number of benzene rings is 2. The van der Waals surface area contributed by atoms with Gasteiger partial charge in [0.2, 0.25) is 5.91 Å². The van der Waals surface area contributed by atoms with E-state index in [-0.39, 0.29) is 11.8 Å². The van der Waals surface area contributed by atoms with E-state index < -0.39 is 0 Å². The molecule has 0 fully saturated rings. The lowest BCUT2D eigenvalue weighted by Gasteiger charge is -2.04. The minimum atomic E-state index is -0.226. The molecule has 2 rings (SSSR count). The first-order chi connectivity index (χ1) is 11.5. The van der Waals surface area contributed by atoms with Gasteiger partial charge in [0.15, 0.2) is 0 Å². The van der Waals surface area contributed by atoms with Crippen LogP contribution in [0.4, 0.5) is 0 Å². The fourth-order valence-corrected chi connectivity index (χ4v) is 2.26. The van der Waals surface area contributed by atoms with Crippen molar-refractivity contribution in [1.29, 1.82) is 0 Å². The lowest BCUT2D eigenvalue weighted by Crippen LogP contribution is -2.20. The molecule has 0 heterocycles. The number of rotatable bonds is 5. The molecule has 2 aromatic rings. The first-order valence-electron chi connectivity index (χ1n) is 7.21. The van der Waals surface area contributed by atoms with Crippen LogP contribution in [0.15, 0.2) is 48.5 Å². The molecule has 0 spiro atoms. The monoisotopic (exact) mass is 362 g/mol. The van der Waals surface area contributed by atoms with Crippen molar-refractivity contribution >= 4 is 41.1 Å². The van der Waals surface area contributed by atoms with Crippen LogP contribution in [0.2, 0.25) is 10.0 Å². The summed E-state index contributed by atoms with van der Waals surface area (Å²) in [5.74, 6) is -0.369. The standard InChI is InChI=1S/C18H16Cl2N2O2/c1-21-18(24)14-6-2-13(3-7-14)11-22-17(23)9-5-12-4-8-15(19)16(20)10-12/h2-10H,11H2,1H3,(H,21,24)(H,22,23)/b9-5+. The van der Waals surface area contributed by atoms with Gasteiger partial charge in [-0.2, -0.15) is 0 Å². The number of halogens is 2. The summed E-state index contributed by atoms with van der Waals surface area (Å²) in [6.45, 7) is 0.374. The molecule has 0 radical (unpaired) electrons. The van der Waals surface area contributed by atoms with Gasteiger partial charge in [0.05, 0.1) is 10.0 Å². The Bertz CT molecular complexity index is 771. The minimum absolute atomic E-state index is 0.143. The molecular weight excluding hydrogens is 347 g/mol. The molecule has 0 aliphatic rings. The molecule has 0 saturated carbocycles. The van der Waals surface area contributed by atoms with E-state index in [9.17, 15) is 9.59 Å². The van der Waals surface area contributed by atoms with Crippen molar-refractivity contribution in [3.63, 3.8) is 0 Å². The Morgan fingerprint density at radius 1 is 1.04 bits per heavy atom. The molecule has 2 amide bonds. The van der Waals surface area contributed by atoms with Gasteiger partial charge in [-0.3, -0.25) is 9.59 Å². The van der Waals surface area contributed by atoms with Gasteiger partial charge in [0.1, 0.15) is 0 Å². The third kappa shape index (κ3) is 5.11. The summed E-state index contributed by atoms with van der Waals surface area (Å²) < 4.78 is 0. The highest BCUT2D eigenvalue weighted by Gasteiger charge is 2.03. The number of amides is 2. The van der Waals surface area contributed by atoms with Gasteiger partial charge in [-0.05, 0) is 41.5 Å². The molecule has 24 heavy (non-hydrogen) atoms. The van der Waals surface area contributed by atoms with Crippen LogP contribution in [0, 0.1) is 0 Å². The van der Waals surface area contributed by atoms with E-state index in [1.165, 1.54) is 6.08 Å². The molecule has 0 aromatic heterocycles. The SMILES string of the molecule is CNC(=O)c1ccc(CNC(=O)/C=C/c2ccc(Cl)c(Cl)c2)cc1. The van der Waals surface area contributed by atoms with E-state index in [4.69, 9.17) is 23.2 Å². The van der Waals surface area contributed by atoms with E-state index in [1.807, 2.05) is 0 Å². The van der Waals surface area contributed by atoms with Crippen molar-refractivity contribution in [2.75, 3.05) is 7.05 Å². The summed E-state index contributed by atoms with van der Waals surface area (Å²) in [5, 5.41) is 6.24. The fraction of sp³-hybridized carbons (Fsp3) is 0.111. The van der Waals surface area contributed by atoms with Gasteiger partial charge in [-0.1, -0.05) is 41.4 Å². The van der Waals surface area contributed by atoms with Crippen LogP contribution in [0.25, 0.3) is 6.08 Å². The van der Waals surface area contributed by atoms with Crippen molar-refractivity contribution in [3.05, 3.63) is 75.3 Å². The summed E-state index contributed by atoms with van der Waals surface area (Å²) in [5.41, 5.74) is 2.26. The van der Waals surface area contributed by atoms with E-state index in [0.717, 1.165) is 11.1 Å². The highest BCUT2D eigenvalue weighted by Crippen LogP contribution is 2.23. The van der Waals surface area contributed by atoms with Gasteiger partial charge in [0.25, 0.3) is 5.91 Å². The summed E-state index contributed by atoms with van der Waals surface area (Å²) in [6.07, 6.45) is 3.09. The lowest BCUT2D eigenvalue weighted by atomic mass is 10.1. The number of hydrogen-bond acceptors (Lipinski definition) is 2. The maximum absolute atomic E-state index is 11.8. The Labute approximate surface area is 150 Å². The largest absolute Gasteiger partial charge is 0.355 e. The molecule has 0 bridgehead atoms. The van der Waals surface area contributed by atoms with Gasteiger partial charge in [-0.25, -0.2) is 0 Å². The van der Waals surface area contributed by atoms with Gasteiger partial charge >= 0.3 is 0 Å². The molecule has 6 heteroatoms. The van der Waals surface area contributed by atoms with Gasteiger partial charge < -0.3 is 10.6 Å². The third-order valence-electron chi connectivity index (χ3n) is 3.28. The first kappa shape index (κ1) is 18.0. The maximum atomic E-state index is 11.8. The summed E-state index contributed by atoms with van der Waals surface area (Å²) in [4.78, 5) is 23.3. The molecule has 0 aliphatic carbocycles. The smallest absolute Gasteiger partial charge is 0.251 e. The Morgan fingerprint density at radius 3 is 2.38 bits per heavy atom. The summed E-state index contributed by atoms with van der Waals surface area (Å²) >= 11 is 11.8. The second-order valence-electron chi connectivity index (χ2n) is 5.00. The number of carbonyl (C=O) groups is 2. The topological polar surface area (TPSA) is 58.2 Å². The number of carbonyl (C=O) groups excluding carboxylic acids is 2. The van der Waals surface area contributed by atoms with Crippen LogP contribution in [-0.4, -0.2) is 18.9 Å². The van der Waals surface area contributed by atoms with Gasteiger partial charge in [-0.15, -0.1) is 0 Å². The average molecular weight is 363 g/mol. The molecule has 0 saturated heterocycles. The minimum Gasteiger partial charge on any atom is -0.355 e. The van der Waals surface area contributed by atoms with E-state index in [2.05, 4.69) is 10.6 Å². The molecule has 0 atom stereocenters. The Hall–Kier alpha value is -2.30. The van der Waals surface area contributed by atoms with Crippen molar-refractivity contribution in [3.8, 4) is 0 Å². The second kappa shape index (κ2) is 8.52. The molecule has 2 N–H and O–H groups in total. The summed E-state index contributed by atoms with van der Waals surface area (Å²) in [7, 11) is 1.58. The van der Waals surface area contributed by atoms with Crippen LogP contribution in [0.1, 0.15) is 21.5 Å². The normalized spacial score (nSPS) is 10.6. The van der Waals surface area contributed by atoms with Crippen molar-refractivity contribution < 1.29 is 9.59 Å². The predicted molar refractivity (Wildman–Crippen MR) is 97.2 cm³/mol. The zero-order chi connectivity index (χ0) is 17.5. The molecule has 4 nitrogen and oxygen atoms in total. The lowest BCUT2D eigenvalue weighted by molar-refractivity contribution is -0.116. The highest BCUT2D eigenvalue weighted by atomic mass is 35.5. The van der Waals surface area contributed by atoms with Crippen molar-refractivity contribution in [2.45, 2.75) is 6.54 Å². The van der Waals surface area contributed by atoms with Crippen molar-refractivity contribution in [1.82, 2.24) is 10.6 Å². The predicted octanol–water partition coefficient (Wildman–Crippen LogP) is 3.68. The number of nitrogens with one attached hydrogen (secondary N) is 2. The zero-order valence-corrected chi connectivity index (χ0v) is 14.5. The van der Waals surface area contributed by atoms with Crippen LogP contribution >= 0.6 is 23.2 Å². The van der Waals surface area contributed by atoms with Gasteiger partial charge in [0, 0.05) is 25.2 Å². The molecule has 2 aromatic carbocycles. The van der Waals surface area contributed by atoms with Crippen LogP contribution in [-0.2, 0) is 11.3 Å². The Kier molecular flexibility index (Phi) is 6.41. The third-order valence-corrected chi connectivity index (χ3v) is 4.02. The maximum Gasteiger partial charge on any atom is 0.251 e. The Balaban J connectivity index is 1.89. The number of hydrogen-bond donors (Lipinski definition) is 2. The first-order valence-corrected chi connectivity index (χ1v) is 7.97. The van der Waals surface area contributed by atoms with E-state index in [1.54, 1.807) is 55.6 Å². The van der Waals surface area contributed by atoms with Crippen LogP contribution in [0.3, 0.4) is 0 Å². The molecule has 0 unspecified atom stereocenters. The zero-order valence-electron chi connectivity index (χ0n) is 13.0.